The van der Waals surface area contributed by atoms with E-state index < -0.39 is 11.9 Å². The Balaban J connectivity index is 0.000000204. The van der Waals surface area contributed by atoms with E-state index in [2.05, 4.69) is 15.0 Å². The largest absolute Gasteiger partial charge is 0.478 e. The molecule has 10 heteroatoms. The molecule has 3 aromatic carbocycles. The summed E-state index contributed by atoms with van der Waals surface area (Å²) < 4.78 is 1.37. The van der Waals surface area contributed by atoms with Crippen LogP contribution in [0.1, 0.15) is 20.7 Å². The number of benzene rings is 3. The number of aromatic amines is 1. The lowest BCUT2D eigenvalue weighted by Gasteiger charge is -2.07. The number of nitrogen functional groups attached to an aromatic ring is 1. The lowest BCUT2D eigenvalue weighted by Crippen LogP contribution is -2.23. The molecule has 0 atom stereocenters. The molecule has 10 nitrogen and oxygen atoms in total. The minimum atomic E-state index is -1.23. The highest BCUT2D eigenvalue weighted by Crippen LogP contribution is 2.19. The molecule has 2 heterocycles. The van der Waals surface area contributed by atoms with Crippen molar-refractivity contribution >= 4 is 29.1 Å². The lowest BCUT2D eigenvalue weighted by molar-refractivity contribution is 0.0651. The van der Waals surface area contributed by atoms with Gasteiger partial charge >= 0.3 is 11.9 Å². The fraction of sp³-hybridized carbons (Fsp3) is 0. The molecule has 0 aliphatic carbocycles. The standard InChI is InChI=1S/C17H13N5O.C8H6O4/c18-17-21-15-13(16(23)22(17)12-9-5-2-6-10-12)19-14(20-15)11-7-3-1-4-8-11;9-7(10)5-3-1-2-4-6(5)8(11)12/h1-10H,(H2,18,21)(H,19,20);1-4H,(H,9,10)(H,11,12). The molecule has 0 fully saturated rings. The topological polar surface area (TPSA) is 164 Å². The summed E-state index contributed by atoms with van der Waals surface area (Å²) in [5.74, 6) is -1.75. The van der Waals surface area contributed by atoms with Gasteiger partial charge in [-0.1, -0.05) is 60.7 Å². The molecule has 5 N–H and O–H groups in total. The van der Waals surface area contributed by atoms with Gasteiger partial charge in [-0.2, -0.15) is 4.98 Å². The van der Waals surface area contributed by atoms with Crippen molar-refractivity contribution in [3.63, 3.8) is 0 Å². The number of nitrogens with zero attached hydrogens (tertiary/aromatic N) is 3. The van der Waals surface area contributed by atoms with Gasteiger partial charge in [0.15, 0.2) is 11.2 Å². The van der Waals surface area contributed by atoms with Crippen LogP contribution in [0.3, 0.4) is 0 Å². The van der Waals surface area contributed by atoms with Crippen LogP contribution in [0.5, 0.6) is 0 Å². The van der Waals surface area contributed by atoms with Gasteiger partial charge in [-0.3, -0.25) is 4.79 Å². The van der Waals surface area contributed by atoms with Gasteiger partial charge in [0.2, 0.25) is 5.95 Å². The van der Waals surface area contributed by atoms with Crippen LogP contribution in [0, 0.1) is 0 Å². The van der Waals surface area contributed by atoms with E-state index in [9.17, 15) is 14.4 Å². The van der Waals surface area contributed by atoms with E-state index in [-0.39, 0.29) is 22.6 Å². The zero-order valence-corrected chi connectivity index (χ0v) is 18.1. The monoisotopic (exact) mass is 469 g/mol. The number of aromatic nitrogens is 4. The van der Waals surface area contributed by atoms with Crippen LogP contribution in [0.25, 0.3) is 28.2 Å². The summed E-state index contributed by atoms with van der Waals surface area (Å²) >= 11 is 0. The van der Waals surface area contributed by atoms with Gasteiger partial charge in [0.25, 0.3) is 5.56 Å². The Labute approximate surface area is 198 Å². The van der Waals surface area contributed by atoms with Gasteiger partial charge in [-0.05, 0) is 24.3 Å². The fourth-order valence-electron chi connectivity index (χ4n) is 3.38. The van der Waals surface area contributed by atoms with Crippen LogP contribution >= 0.6 is 0 Å². The zero-order valence-electron chi connectivity index (χ0n) is 18.1. The smallest absolute Gasteiger partial charge is 0.336 e. The van der Waals surface area contributed by atoms with Crippen molar-refractivity contribution in [3.8, 4) is 17.1 Å². The molecule has 0 amide bonds. The number of hydrogen-bond donors (Lipinski definition) is 4. The molecule has 0 saturated heterocycles. The molecule has 174 valence electrons. The van der Waals surface area contributed by atoms with Gasteiger partial charge in [-0.25, -0.2) is 19.1 Å². The van der Waals surface area contributed by atoms with E-state index in [1.165, 1.54) is 28.8 Å². The Kier molecular flexibility index (Phi) is 6.36. The number of fused-ring (bicyclic) bond motifs is 1. The number of imidazole rings is 1. The first-order chi connectivity index (χ1) is 16.9. The second kappa shape index (κ2) is 9.71. The van der Waals surface area contributed by atoms with Crippen molar-refractivity contribution in [2.24, 2.45) is 0 Å². The molecule has 35 heavy (non-hydrogen) atoms. The van der Waals surface area contributed by atoms with Crippen LogP contribution in [0.4, 0.5) is 5.95 Å². The number of nitrogens with one attached hydrogen (secondary N) is 1. The number of rotatable bonds is 4. The number of aromatic carboxylic acids is 2. The maximum absolute atomic E-state index is 12.8. The highest BCUT2D eigenvalue weighted by molar-refractivity contribution is 6.01. The van der Waals surface area contributed by atoms with Gasteiger partial charge in [0.05, 0.1) is 16.8 Å². The number of nitrogens with two attached hydrogens (primary N) is 1. The quantitative estimate of drug-likeness (QED) is 0.311. The molecule has 0 radical (unpaired) electrons. The maximum Gasteiger partial charge on any atom is 0.336 e. The summed E-state index contributed by atoms with van der Waals surface area (Å²) in [5, 5.41) is 17.1. The third-order valence-corrected chi connectivity index (χ3v) is 5.00. The Bertz CT molecular complexity index is 1540. The Morgan fingerprint density at radius 1 is 0.771 bits per heavy atom. The Morgan fingerprint density at radius 3 is 1.83 bits per heavy atom. The number of carboxylic acids is 2. The number of H-pyrrole nitrogens is 1. The molecule has 5 rings (SSSR count). The third kappa shape index (κ3) is 4.76. The van der Waals surface area contributed by atoms with Crippen molar-refractivity contribution in [1.82, 2.24) is 19.5 Å². The minimum Gasteiger partial charge on any atom is -0.478 e. The highest BCUT2D eigenvalue weighted by atomic mass is 16.4. The minimum absolute atomic E-state index is 0.111. The van der Waals surface area contributed by atoms with Crippen molar-refractivity contribution in [1.29, 1.82) is 0 Å². The first-order valence-electron chi connectivity index (χ1n) is 10.3. The van der Waals surface area contributed by atoms with Crippen LogP contribution in [0.2, 0.25) is 0 Å². The van der Waals surface area contributed by atoms with Crippen LogP contribution in [-0.4, -0.2) is 41.7 Å². The fourth-order valence-corrected chi connectivity index (χ4v) is 3.38. The average molecular weight is 469 g/mol. The molecule has 0 bridgehead atoms. The lowest BCUT2D eigenvalue weighted by atomic mass is 10.1. The van der Waals surface area contributed by atoms with Gasteiger partial charge in [-0.15, -0.1) is 0 Å². The number of para-hydroxylation sites is 1. The molecule has 0 aliphatic rings. The van der Waals surface area contributed by atoms with E-state index in [1.807, 2.05) is 48.5 Å². The van der Waals surface area contributed by atoms with Crippen molar-refractivity contribution in [3.05, 3.63) is 106 Å². The summed E-state index contributed by atoms with van der Waals surface area (Å²) in [6, 6.07) is 24.2. The molecule has 0 saturated carbocycles. The van der Waals surface area contributed by atoms with E-state index in [1.54, 1.807) is 12.1 Å². The Morgan fingerprint density at radius 2 is 1.29 bits per heavy atom. The van der Waals surface area contributed by atoms with Crippen LogP contribution < -0.4 is 11.3 Å². The zero-order chi connectivity index (χ0) is 24.9. The predicted octanol–water partition coefficient (Wildman–Crippen LogP) is 3.44. The molecule has 0 unspecified atom stereocenters. The third-order valence-electron chi connectivity index (χ3n) is 5.00. The summed E-state index contributed by atoms with van der Waals surface area (Å²) in [6.07, 6.45) is 0. The van der Waals surface area contributed by atoms with E-state index >= 15 is 0 Å². The van der Waals surface area contributed by atoms with E-state index in [4.69, 9.17) is 15.9 Å². The first-order valence-corrected chi connectivity index (χ1v) is 10.3. The van der Waals surface area contributed by atoms with Gasteiger partial charge < -0.3 is 20.9 Å². The van der Waals surface area contributed by atoms with Gasteiger partial charge in [0.1, 0.15) is 5.82 Å². The Hall–Kier alpha value is -5.25. The highest BCUT2D eigenvalue weighted by Gasteiger charge is 2.15. The molecule has 2 aromatic heterocycles. The molecule has 0 aliphatic heterocycles. The molecular formula is C25H19N5O5. The molecular weight excluding hydrogens is 450 g/mol. The predicted molar refractivity (Wildman–Crippen MR) is 130 cm³/mol. The van der Waals surface area contributed by atoms with Crippen molar-refractivity contribution in [2.75, 3.05) is 5.73 Å². The summed E-state index contributed by atoms with van der Waals surface area (Å²) in [4.78, 5) is 45.4. The molecule has 0 spiro atoms. The SMILES string of the molecule is Nc1nc2nc(-c3ccccc3)[nH]c2c(=O)n1-c1ccccc1.O=C(O)c1ccccc1C(=O)O. The van der Waals surface area contributed by atoms with Gasteiger partial charge in [0, 0.05) is 5.56 Å². The van der Waals surface area contributed by atoms with E-state index in [0.717, 1.165) is 5.56 Å². The molecule has 5 aromatic rings. The summed E-state index contributed by atoms with van der Waals surface area (Å²) in [7, 11) is 0. The maximum atomic E-state index is 12.8. The van der Waals surface area contributed by atoms with E-state index in [0.29, 0.717) is 22.7 Å². The number of carbonyl (C=O) groups is 2. The van der Waals surface area contributed by atoms with Crippen LogP contribution in [-0.2, 0) is 0 Å². The summed E-state index contributed by atoms with van der Waals surface area (Å²) in [6.45, 7) is 0. The first kappa shape index (κ1) is 22.9. The van der Waals surface area contributed by atoms with Crippen molar-refractivity contribution in [2.45, 2.75) is 0 Å². The average Bonchev–Trinajstić information content (AvgIpc) is 3.30. The van der Waals surface area contributed by atoms with Crippen LogP contribution in [0.15, 0.2) is 89.7 Å². The normalized spacial score (nSPS) is 10.4. The number of carboxylic acid groups (broad SMARTS) is 2. The number of anilines is 1. The van der Waals surface area contributed by atoms with Crippen molar-refractivity contribution < 1.29 is 19.8 Å². The second-order valence-electron chi connectivity index (χ2n) is 7.25. The second-order valence-corrected chi connectivity index (χ2v) is 7.25. The number of hydrogen-bond acceptors (Lipinski definition) is 6. The summed E-state index contributed by atoms with van der Waals surface area (Å²) in [5.41, 5.74) is 7.52.